The van der Waals surface area contributed by atoms with Crippen molar-refractivity contribution in [2.75, 3.05) is 70.2 Å². The highest BCUT2D eigenvalue weighted by Gasteiger charge is 2.48. The molecule has 58 heavy (non-hydrogen) atoms. The number of aliphatic carboxylic acids is 1. The molecule has 4 N–H and O–H groups in total. The van der Waals surface area contributed by atoms with Crippen LogP contribution in [0.1, 0.15) is 73.0 Å². The molecule has 0 radical (unpaired) electrons. The second-order valence-electron chi connectivity index (χ2n) is 16.3. The summed E-state index contributed by atoms with van der Waals surface area (Å²) in [6.45, 7) is 5.50. The number of nitrogens with one attached hydrogen (secondary N) is 3. The van der Waals surface area contributed by atoms with Crippen molar-refractivity contribution in [2.45, 2.75) is 94.6 Å². The number of aromatic nitrogens is 3. The molecular weight excluding hydrogens is 765 g/mol. The number of hydrogen-bond acceptors (Lipinski definition) is 10. The Labute approximate surface area is 334 Å². The topological polar surface area (TPSA) is 140 Å². The molecule has 8 rings (SSSR count). The lowest BCUT2D eigenvalue weighted by molar-refractivity contribution is -0.192. The summed E-state index contributed by atoms with van der Waals surface area (Å²) >= 11 is 0. The number of fused-ring (bicyclic) bond motifs is 2. The summed E-state index contributed by atoms with van der Waals surface area (Å²) in [5.41, 5.74) is 4.99. The third-order valence-corrected chi connectivity index (χ3v) is 12.7. The maximum atomic E-state index is 15.9. The van der Waals surface area contributed by atoms with Crippen molar-refractivity contribution in [3.05, 3.63) is 47.3 Å². The lowest BCUT2D eigenvalue weighted by atomic mass is 9.82. The number of rotatable bonds is 10. The Kier molecular flexibility index (Phi) is 12.8. The van der Waals surface area contributed by atoms with Crippen LogP contribution in [0.2, 0.25) is 0 Å². The number of alkyl halides is 5. The van der Waals surface area contributed by atoms with Crippen molar-refractivity contribution in [3.63, 3.8) is 0 Å². The lowest BCUT2D eigenvalue weighted by Crippen LogP contribution is -2.59. The monoisotopic (exact) mass is 819 g/mol. The number of halogens is 5. The minimum Gasteiger partial charge on any atom is -0.475 e. The Hall–Kier alpha value is -4.13. The number of ether oxygens (including phenoxy) is 1. The number of methoxy groups -OCH3 is 1. The molecule has 18 heteroatoms. The summed E-state index contributed by atoms with van der Waals surface area (Å²) in [7, 11) is 3.50. The highest BCUT2D eigenvalue weighted by molar-refractivity contribution is 5.94. The molecule has 1 unspecified atom stereocenters. The summed E-state index contributed by atoms with van der Waals surface area (Å²) in [5.74, 6) is -3.56. The molecule has 4 fully saturated rings. The maximum absolute atomic E-state index is 15.9. The van der Waals surface area contributed by atoms with Crippen LogP contribution < -0.4 is 20.9 Å². The molecule has 3 atom stereocenters. The minimum atomic E-state index is -5.08. The molecule has 2 aromatic heterocycles. The van der Waals surface area contributed by atoms with Crippen molar-refractivity contribution in [1.29, 1.82) is 0 Å². The quantitative estimate of drug-likeness (QED) is 0.198. The van der Waals surface area contributed by atoms with E-state index < -0.39 is 24.1 Å². The van der Waals surface area contributed by atoms with E-state index in [1.165, 1.54) is 24.8 Å². The summed E-state index contributed by atoms with van der Waals surface area (Å²) in [5, 5.41) is 21.8. The first-order valence-corrected chi connectivity index (χ1v) is 20.4. The largest absolute Gasteiger partial charge is 0.490 e. The number of piperidine rings is 3. The van der Waals surface area contributed by atoms with Crippen LogP contribution in [0.25, 0.3) is 5.65 Å². The smallest absolute Gasteiger partial charge is 0.475 e. The highest BCUT2D eigenvalue weighted by Crippen LogP contribution is 2.40. The summed E-state index contributed by atoms with van der Waals surface area (Å²) in [6.07, 6.45) is 5.47. The van der Waals surface area contributed by atoms with E-state index in [-0.39, 0.29) is 24.6 Å². The lowest BCUT2D eigenvalue weighted by Gasteiger charge is -2.46. The molecule has 1 aromatic carbocycles. The standard InChI is InChI=1S/C38H53F2N9O2.C2HF3O2/c1-41-30-21-35(45-49-32(22-43-36(30)49)37(50)44-29-6-7-33(29)51-2)48-19-12-28-27(4-3-5-31(28)48)23-46-16-13-34(38(39,40)24-46)47-17-10-26(11-18-47)20-25-8-14-42-15-9-25;3-2(4,5)1(6)7/h3-5,21-22,25-26,29,33-34,41-42H,6-20,23-24H2,1-2H3,(H,44,50);(H,6,7)/t29-,33-,34?;/m1./s1. The highest BCUT2D eigenvalue weighted by atomic mass is 19.4. The van der Waals surface area contributed by atoms with Gasteiger partial charge in [0, 0.05) is 45.5 Å². The number of carbonyl (C=O) groups is 2. The summed E-state index contributed by atoms with van der Waals surface area (Å²) in [6, 6.07) is 7.44. The van der Waals surface area contributed by atoms with E-state index in [9.17, 15) is 18.0 Å². The van der Waals surface area contributed by atoms with Gasteiger partial charge in [-0.05, 0) is 113 Å². The zero-order valence-electron chi connectivity index (χ0n) is 33.0. The van der Waals surface area contributed by atoms with Crippen molar-refractivity contribution in [3.8, 4) is 0 Å². The van der Waals surface area contributed by atoms with Crippen LogP contribution in [0.5, 0.6) is 0 Å². The molecule has 1 amide bonds. The number of likely N-dealkylation sites (tertiary alicyclic amines) is 2. The molecular formula is C40H54F5N9O4. The molecule has 1 saturated carbocycles. The normalized spacial score (nSPS) is 24.5. The maximum Gasteiger partial charge on any atom is 0.490 e. The van der Waals surface area contributed by atoms with Gasteiger partial charge in [0.15, 0.2) is 17.2 Å². The van der Waals surface area contributed by atoms with Gasteiger partial charge >= 0.3 is 12.1 Å². The van der Waals surface area contributed by atoms with Crippen LogP contribution >= 0.6 is 0 Å². The molecule has 6 heterocycles. The van der Waals surface area contributed by atoms with Crippen LogP contribution in [0.3, 0.4) is 0 Å². The number of hydrogen-bond donors (Lipinski definition) is 4. The van der Waals surface area contributed by atoms with Gasteiger partial charge < -0.3 is 30.7 Å². The van der Waals surface area contributed by atoms with Crippen molar-refractivity contribution >= 4 is 34.7 Å². The molecule has 3 aromatic rings. The second-order valence-corrected chi connectivity index (χ2v) is 16.3. The van der Waals surface area contributed by atoms with Crippen molar-refractivity contribution in [2.24, 2.45) is 11.8 Å². The summed E-state index contributed by atoms with van der Waals surface area (Å²) < 4.78 is 70.6. The Balaban J connectivity index is 0.000000672. The number of carbonyl (C=O) groups excluding carboxylic acids is 1. The fraction of sp³-hybridized carbons (Fsp3) is 0.650. The van der Waals surface area contributed by atoms with Gasteiger partial charge in [0.1, 0.15) is 0 Å². The molecule has 5 aliphatic rings. The first-order valence-electron chi connectivity index (χ1n) is 20.4. The average Bonchev–Trinajstić information content (AvgIpc) is 3.82. The molecule has 0 bridgehead atoms. The zero-order chi connectivity index (χ0) is 41.2. The van der Waals surface area contributed by atoms with Gasteiger partial charge in [0.2, 0.25) is 0 Å². The van der Waals surface area contributed by atoms with Gasteiger partial charge in [-0.1, -0.05) is 12.1 Å². The number of carboxylic acid groups (broad SMARTS) is 1. The SMILES string of the molecule is CNc1cc(N2CCc3c(CN4CCC(N5CCC(CC6CCNCC6)CC5)C(F)(F)C4)cccc32)nn2c(C(=O)N[C@@H]3CC[C@H]3OC)cnc12.O=C(O)C(F)(F)F. The molecule has 0 spiro atoms. The number of anilines is 3. The summed E-state index contributed by atoms with van der Waals surface area (Å²) in [4.78, 5) is 33.0. The van der Waals surface area contributed by atoms with Gasteiger partial charge in [-0.25, -0.2) is 23.1 Å². The second kappa shape index (κ2) is 17.6. The van der Waals surface area contributed by atoms with E-state index in [4.69, 9.17) is 19.7 Å². The van der Waals surface area contributed by atoms with E-state index >= 15 is 8.78 Å². The first kappa shape index (κ1) is 42.0. The molecule has 13 nitrogen and oxygen atoms in total. The Morgan fingerprint density at radius 1 is 1.02 bits per heavy atom. The Bertz CT molecular complexity index is 1910. The van der Waals surface area contributed by atoms with Crippen LogP contribution in [0, 0.1) is 11.8 Å². The van der Waals surface area contributed by atoms with E-state index in [0.717, 1.165) is 81.1 Å². The van der Waals surface area contributed by atoms with E-state index in [2.05, 4.69) is 42.9 Å². The number of carboxylic acids is 1. The van der Waals surface area contributed by atoms with E-state index in [0.29, 0.717) is 49.1 Å². The third kappa shape index (κ3) is 9.19. The zero-order valence-corrected chi connectivity index (χ0v) is 33.0. The number of amides is 1. The van der Waals surface area contributed by atoms with Crippen LogP contribution in [-0.2, 0) is 22.5 Å². The molecule has 4 aliphatic heterocycles. The number of imidazole rings is 1. The van der Waals surface area contributed by atoms with E-state index in [1.54, 1.807) is 17.8 Å². The Morgan fingerprint density at radius 3 is 2.38 bits per heavy atom. The molecule has 318 valence electrons. The Morgan fingerprint density at radius 2 is 1.74 bits per heavy atom. The van der Waals surface area contributed by atoms with E-state index in [1.807, 2.05) is 24.1 Å². The van der Waals surface area contributed by atoms with Gasteiger partial charge in [-0.2, -0.15) is 13.2 Å². The van der Waals surface area contributed by atoms with Crippen molar-refractivity contribution in [1.82, 2.24) is 35.0 Å². The first-order chi connectivity index (χ1) is 27.7. The number of nitrogens with zero attached hydrogens (tertiary/aromatic N) is 6. The molecule has 3 saturated heterocycles. The van der Waals surface area contributed by atoms with Gasteiger partial charge in [0.05, 0.1) is 36.6 Å². The fourth-order valence-corrected chi connectivity index (χ4v) is 9.39. The fourth-order valence-electron chi connectivity index (χ4n) is 9.39. The number of benzene rings is 1. The average molecular weight is 820 g/mol. The predicted octanol–water partition coefficient (Wildman–Crippen LogP) is 5.32. The van der Waals surface area contributed by atoms with Gasteiger partial charge in [-0.15, -0.1) is 5.10 Å². The predicted molar refractivity (Wildman–Crippen MR) is 208 cm³/mol. The van der Waals surface area contributed by atoms with Crippen molar-refractivity contribution < 1.29 is 41.4 Å². The minimum absolute atomic E-state index is 0.0223. The van der Waals surface area contributed by atoms with Crippen LogP contribution in [0.4, 0.5) is 39.1 Å². The van der Waals surface area contributed by atoms with Crippen LogP contribution in [-0.4, -0.2) is 132 Å². The third-order valence-electron chi connectivity index (χ3n) is 12.7. The van der Waals surface area contributed by atoms with Gasteiger partial charge in [0.25, 0.3) is 11.8 Å². The molecule has 1 aliphatic carbocycles. The van der Waals surface area contributed by atoms with Crippen LogP contribution in [0.15, 0.2) is 30.5 Å². The van der Waals surface area contributed by atoms with Gasteiger partial charge in [-0.3, -0.25) is 14.6 Å².